The van der Waals surface area contributed by atoms with Crippen molar-refractivity contribution in [2.24, 2.45) is 0 Å². The molecule has 10 heteroatoms. The first-order valence-electron chi connectivity index (χ1n) is 7.67. The van der Waals surface area contributed by atoms with E-state index >= 15 is 0 Å². The number of anilines is 1. The number of imide groups is 1. The Bertz CT molecular complexity index is 802. The number of rotatable bonds is 5. The monoisotopic (exact) mass is 370 g/mol. The van der Waals surface area contributed by atoms with Crippen LogP contribution in [0.5, 0.6) is 0 Å². The molecule has 0 aliphatic carbocycles. The Hall–Kier alpha value is -2.91. The van der Waals surface area contributed by atoms with Crippen molar-refractivity contribution in [3.63, 3.8) is 0 Å². The third-order valence-electron chi connectivity index (χ3n) is 3.94. The maximum Gasteiger partial charge on any atom is 0.418 e. The molecule has 0 spiro atoms. The first-order valence-corrected chi connectivity index (χ1v) is 7.67. The minimum atomic E-state index is -4.54. The zero-order chi connectivity index (χ0) is 19.6. The van der Waals surface area contributed by atoms with E-state index in [1.165, 1.54) is 20.9 Å². The van der Waals surface area contributed by atoms with E-state index in [4.69, 9.17) is 0 Å². The fraction of sp³-hybridized carbons (Fsp3) is 0.375. The van der Waals surface area contributed by atoms with Gasteiger partial charge in [-0.15, -0.1) is 0 Å². The molecule has 1 aromatic rings. The van der Waals surface area contributed by atoms with Gasteiger partial charge in [-0.1, -0.05) is 0 Å². The van der Waals surface area contributed by atoms with Gasteiger partial charge in [-0.25, -0.2) is 4.98 Å². The molecular formula is C16H17F3N4O3. The second-order valence-corrected chi connectivity index (χ2v) is 5.66. The van der Waals surface area contributed by atoms with E-state index < -0.39 is 23.6 Å². The van der Waals surface area contributed by atoms with Gasteiger partial charge in [-0.3, -0.25) is 19.8 Å². The van der Waals surface area contributed by atoms with E-state index in [1.807, 2.05) is 0 Å². The van der Waals surface area contributed by atoms with Gasteiger partial charge in [-0.2, -0.15) is 18.2 Å². The number of halogens is 3. The van der Waals surface area contributed by atoms with Gasteiger partial charge in [0.2, 0.25) is 5.91 Å². The van der Waals surface area contributed by atoms with Gasteiger partial charge in [0.15, 0.2) is 0 Å². The van der Waals surface area contributed by atoms with Gasteiger partial charge < -0.3 is 5.32 Å². The van der Waals surface area contributed by atoms with E-state index in [1.54, 1.807) is 0 Å². The van der Waals surface area contributed by atoms with Crippen LogP contribution in [0.15, 0.2) is 23.3 Å². The summed E-state index contributed by atoms with van der Waals surface area (Å²) >= 11 is 0. The lowest BCUT2D eigenvalue weighted by Gasteiger charge is -2.18. The van der Waals surface area contributed by atoms with E-state index in [0.717, 1.165) is 12.1 Å². The predicted octanol–water partition coefficient (Wildman–Crippen LogP) is 1.95. The van der Waals surface area contributed by atoms with Crippen LogP contribution in [0.3, 0.4) is 0 Å². The molecule has 0 bridgehead atoms. The normalized spacial score (nSPS) is 14.9. The average Bonchev–Trinajstić information content (AvgIpc) is 2.75. The van der Waals surface area contributed by atoms with Gasteiger partial charge >= 0.3 is 6.18 Å². The molecular weight excluding hydrogens is 353 g/mol. The van der Waals surface area contributed by atoms with Gasteiger partial charge in [-0.05, 0) is 32.4 Å². The van der Waals surface area contributed by atoms with Gasteiger partial charge in [0.1, 0.15) is 5.82 Å². The Morgan fingerprint density at radius 1 is 1.19 bits per heavy atom. The van der Waals surface area contributed by atoms with E-state index in [9.17, 15) is 27.6 Å². The number of carbonyl (C=O) groups excluding carboxylic acids is 3. The lowest BCUT2D eigenvalue weighted by atomic mass is 10.1. The number of nitrogens with one attached hydrogen (secondary N) is 2. The smallest absolute Gasteiger partial charge is 0.359 e. The Morgan fingerprint density at radius 3 is 2.38 bits per heavy atom. The standard InChI is InChI=1S/C16H17F3N4O3/c1-8-10(4-7-13(24)20-3)15(26)23(14(8)25)22-12-6-5-11(9(2)21-12)16(17,18)19/h5-6H,4,7H2,1-3H3,(H,20,24)(H,21,22). The number of aryl methyl sites for hydroxylation is 1. The molecule has 0 fully saturated rings. The first-order chi connectivity index (χ1) is 12.1. The van der Waals surface area contributed by atoms with Crippen molar-refractivity contribution in [1.29, 1.82) is 0 Å². The van der Waals surface area contributed by atoms with Crippen molar-refractivity contribution < 1.29 is 27.6 Å². The molecule has 0 saturated carbocycles. The largest absolute Gasteiger partial charge is 0.418 e. The van der Waals surface area contributed by atoms with E-state index in [-0.39, 0.29) is 41.4 Å². The molecule has 7 nitrogen and oxygen atoms in total. The van der Waals surface area contributed by atoms with Crippen LogP contribution < -0.4 is 10.7 Å². The summed E-state index contributed by atoms with van der Waals surface area (Å²) < 4.78 is 38.3. The molecule has 2 rings (SSSR count). The van der Waals surface area contributed by atoms with Crippen LogP contribution in [0.25, 0.3) is 0 Å². The van der Waals surface area contributed by atoms with Gasteiger partial charge in [0, 0.05) is 24.6 Å². The zero-order valence-corrected chi connectivity index (χ0v) is 14.3. The van der Waals surface area contributed by atoms with Crippen LogP contribution in [-0.2, 0) is 20.6 Å². The Kier molecular flexibility index (Phi) is 5.33. The highest BCUT2D eigenvalue weighted by Gasteiger charge is 2.37. The summed E-state index contributed by atoms with van der Waals surface area (Å²) in [5.74, 6) is -1.65. The number of hydrogen-bond acceptors (Lipinski definition) is 5. The third-order valence-corrected chi connectivity index (χ3v) is 3.94. The fourth-order valence-corrected chi connectivity index (χ4v) is 2.48. The van der Waals surface area contributed by atoms with Crippen molar-refractivity contribution in [2.45, 2.75) is 32.9 Å². The number of alkyl halides is 3. The number of nitrogens with zero attached hydrogens (tertiary/aromatic N) is 2. The molecule has 0 atom stereocenters. The summed E-state index contributed by atoms with van der Waals surface area (Å²) in [7, 11) is 1.46. The molecule has 2 heterocycles. The molecule has 0 aromatic carbocycles. The van der Waals surface area contributed by atoms with Crippen molar-refractivity contribution in [3.05, 3.63) is 34.5 Å². The van der Waals surface area contributed by atoms with E-state index in [2.05, 4.69) is 15.7 Å². The number of amides is 3. The van der Waals surface area contributed by atoms with Crippen LogP contribution in [0.1, 0.15) is 31.0 Å². The second-order valence-electron chi connectivity index (χ2n) is 5.66. The molecule has 2 N–H and O–H groups in total. The lowest BCUT2D eigenvalue weighted by molar-refractivity contribution is -0.139. The van der Waals surface area contributed by atoms with Crippen LogP contribution >= 0.6 is 0 Å². The highest BCUT2D eigenvalue weighted by Crippen LogP contribution is 2.32. The van der Waals surface area contributed by atoms with E-state index in [0.29, 0.717) is 5.01 Å². The summed E-state index contributed by atoms with van der Waals surface area (Å²) in [6.45, 7) is 2.63. The van der Waals surface area contributed by atoms with Crippen LogP contribution in [0.2, 0.25) is 0 Å². The van der Waals surface area contributed by atoms with Crippen molar-refractivity contribution >= 4 is 23.5 Å². The maximum absolute atomic E-state index is 12.8. The number of carbonyl (C=O) groups is 3. The summed E-state index contributed by atoms with van der Waals surface area (Å²) in [6, 6.07) is 1.86. The molecule has 1 aliphatic rings. The highest BCUT2D eigenvalue weighted by molar-refractivity contribution is 6.19. The van der Waals surface area contributed by atoms with Crippen LogP contribution in [-0.4, -0.2) is 34.8 Å². The molecule has 0 radical (unpaired) electrons. The summed E-state index contributed by atoms with van der Waals surface area (Å²) in [4.78, 5) is 39.7. The average molecular weight is 370 g/mol. The highest BCUT2D eigenvalue weighted by atomic mass is 19.4. The Balaban J connectivity index is 2.16. The molecule has 0 unspecified atom stereocenters. The topological polar surface area (TPSA) is 91.4 Å². The number of hydrogen-bond donors (Lipinski definition) is 2. The number of pyridine rings is 1. The minimum Gasteiger partial charge on any atom is -0.359 e. The van der Waals surface area contributed by atoms with Crippen LogP contribution in [0.4, 0.5) is 19.0 Å². The first kappa shape index (κ1) is 19.4. The summed E-state index contributed by atoms with van der Waals surface area (Å²) in [5, 5.41) is 3.10. The predicted molar refractivity (Wildman–Crippen MR) is 85.5 cm³/mol. The number of hydrazine groups is 1. The van der Waals surface area contributed by atoms with Gasteiger partial charge in [0.25, 0.3) is 11.8 Å². The fourth-order valence-electron chi connectivity index (χ4n) is 2.48. The molecule has 0 saturated heterocycles. The quantitative estimate of drug-likeness (QED) is 0.773. The molecule has 3 amide bonds. The summed E-state index contributed by atoms with van der Waals surface area (Å²) in [6.07, 6.45) is -4.43. The van der Waals surface area contributed by atoms with Crippen molar-refractivity contribution in [3.8, 4) is 0 Å². The Labute approximate surface area is 147 Å². The molecule has 140 valence electrons. The lowest BCUT2D eigenvalue weighted by Crippen LogP contribution is -2.37. The third kappa shape index (κ3) is 3.84. The molecule has 1 aliphatic heterocycles. The summed E-state index contributed by atoms with van der Waals surface area (Å²) in [5.41, 5.74) is 1.60. The number of aromatic nitrogens is 1. The molecule has 1 aromatic heterocycles. The van der Waals surface area contributed by atoms with Crippen molar-refractivity contribution in [2.75, 3.05) is 12.5 Å². The van der Waals surface area contributed by atoms with Gasteiger partial charge in [0.05, 0.1) is 11.3 Å². The second kappa shape index (κ2) is 7.14. The van der Waals surface area contributed by atoms with Crippen molar-refractivity contribution in [1.82, 2.24) is 15.3 Å². The minimum absolute atomic E-state index is 0.0354. The van der Waals surface area contributed by atoms with Crippen LogP contribution in [0, 0.1) is 6.92 Å². The zero-order valence-electron chi connectivity index (χ0n) is 14.3. The SMILES string of the molecule is CNC(=O)CCC1=C(C)C(=O)N(Nc2ccc(C(F)(F)F)c(C)n2)C1=O. The maximum atomic E-state index is 12.8. The Morgan fingerprint density at radius 2 is 1.85 bits per heavy atom. The molecule has 26 heavy (non-hydrogen) atoms.